The van der Waals surface area contributed by atoms with Gasteiger partial charge in [0, 0.05) is 11.8 Å². The van der Waals surface area contributed by atoms with Gasteiger partial charge < -0.3 is 5.32 Å². The van der Waals surface area contributed by atoms with Crippen LogP contribution in [0.1, 0.15) is 45.6 Å². The topological polar surface area (TPSA) is 55.6 Å². The number of hydrogen-bond acceptors (Lipinski definition) is 5. The molecule has 0 aliphatic heterocycles. The lowest BCUT2D eigenvalue weighted by molar-refractivity contribution is 0.562. The van der Waals surface area contributed by atoms with Crippen molar-refractivity contribution >= 4 is 11.8 Å². The average molecular weight is 255 g/mol. The van der Waals surface area contributed by atoms with Crippen LogP contribution in [-0.2, 0) is 0 Å². The number of aromatic nitrogens is 4. The Hall–Kier alpha value is -0.620. The lowest BCUT2D eigenvalue weighted by Crippen LogP contribution is -2.23. The van der Waals surface area contributed by atoms with E-state index in [1.54, 1.807) is 11.8 Å². The summed E-state index contributed by atoms with van der Waals surface area (Å²) >= 11 is 1.78. The van der Waals surface area contributed by atoms with Crippen LogP contribution in [0, 0.1) is 0 Å². The van der Waals surface area contributed by atoms with Gasteiger partial charge in [0.2, 0.25) is 5.16 Å². The molecule has 1 aromatic rings. The number of tetrazole rings is 1. The molecule has 17 heavy (non-hydrogen) atoms. The summed E-state index contributed by atoms with van der Waals surface area (Å²) in [5.41, 5.74) is 0. The van der Waals surface area contributed by atoms with Gasteiger partial charge in [-0.2, -0.15) is 0 Å². The first-order valence-corrected chi connectivity index (χ1v) is 7.40. The zero-order valence-electron chi connectivity index (χ0n) is 10.6. The summed E-state index contributed by atoms with van der Waals surface area (Å²) in [4.78, 5) is 0. The van der Waals surface area contributed by atoms with Gasteiger partial charge >= 0.3 is 0 Å². The van der Waals surface area contributed by atoms with Crippen molar-refractivity contribution in [2.24, 2.45) is 0 Å². The highest BCUT2D eigenvalue weighted by Crippen LogP contribution is 2.36. The minimum absolute atomic E-state index is 0.579. The highest BCUT2D eigenvalue weighted by molar-refractivity contribution is 7.99. The van der Waals surface area contributed by atoms with Crippen LogP contribution < -0.4 is 5.32 Å². The molecule has 0 saturated heterocycles. The Morgan fingerprint density at radius 1 is 1.41 bits per heavy atom. The van der Waals surface area contributed by atoms with E-state index in [1.807, 2.05) is 4.68 Å². The minimum atomic E-state index is 0.579. The van der Waals surface area contributed by atoms with E-state index in [2.05, 4.69) is 34.7 Å². The zero-order chi connectivity index (χ0) is 12.1. The van der Waals surface area contributed by atoms with Crippen molar-refractivity contribution in [1.29, 1.82) is 0 Å². The Kier molecular flexibility index (Phi) is 4.79. The second-order valence-electron chi connectivity index (χ2n) is 4.80. The maximum atomic E-state index is 4.07. The Morgan fingerprint density at radius 3 is 2.94 bits per heavy atom. The van der Waals surface area contributed by atoms with E-state index < -0.39 is 0 Å². The fourth-order valence-electron chi connectivity index (χ4n) is 1.61. The van der Waals surface area contributed by atoms with Gasteiger partial charge in [0.25, 0.3) is 0 Å². The first kappa shape index (κ1) is 12.8. The molecule has 0 spiro atoms. The van der Waals surface area contributed by atoms with E-state index in [4.69, 9.17) is 0 Å². The molecule has 1 saturated carbocycles. The first-order chi connectivity index (χ1) is 8.27. The monoisotopic (exact) mass is 255 g/mol. The van der Waals surface area contributed by atoms with Crippen molar-refractivity contribution in [2.45, 2.75) is 56.8 Å². The molecule has 6 heteroatoms. The van der Waals surface area contributed by atoms with E-state index in [1.165, 1.54) is 25.7 Å². The molecule has 1 heterocycles. The van der Waals surface area contributed by atoms with Gasteiger partial charge in [0.1, 0.15) is 0 Å². The molecule has 2 rings (SSSR count). The maximum absolute atomic E-state index is 4.07. The van der Waals surface area contributed by atoms with Crippen LogP contribution in [0.4, 0.5) is 0 Å². The van der Waals surface area contributed by atoms with Gasteiger partial charge in [-0.15, -0.1) is 5.10 Å². The summed E-state index contributed by atoms with van der Waals surface area (Å²) in [6, 6.07) is 1.17. The van der Waals surface area contributed by atoms with Gasteiger partial charge in [0.15, 0.2) is 0 Å². The van der Waals surface area contributed by atoms with E-state index in [-0.39, 0.29) is 0 Å². The molecule has 5 nitrogen and oxygen atoms in total. The zero-order valence-corrected chi connectivity index (χ0v) is 11.4. The summed E-state index contributed by atoms with van der Waals surface area (Å²) in [6.07, 6.45) is 4.89. The molecule has 96 valence electrons. The quantitative estimate of drug-likeness (QED) is 0.568. The lowest BCUT2D eigenvalue weighted by atomic mass is 10.3. The molecule has 0 amide bonds. The van der Waals surface area contributed by atoms with Gasteiger partial charge in [0.05, 0.1) is 6.04 Å². The lowest BCUT2D eigenvalue weighted by Gasteiger charge is -2.07. The van der Waals surface area contributed by atoms with Crippen LogP contribution in [0.2, 0.25) is 0 Å². The third-order valence-electron chi connectivity index (χ3n) is 2.71. The molecule has 1 fully saturated rings. The highest BCUT2D eigenvalue weighted by Gasteiger charge is 2.27. The van der Waals surface area contributed by atoms with E-state index in [0.717, 1.165) is 17.5 Å². The number of hydrogen-bond donors (Lipinski definition) is 1. The minimum Gasteiger partial charge on any atom is -0.315 e. The van der Waals surface area contributed by atoms with Crippen LogP contribution in [-0.4, -0.2) is 38.5 Å². The second kappa shape index (κ2) is 6.35. The predicted molar refractivity (Wildman–Crippen MR) is 69.2 cm³/mol. The Balaban J connectivity index is 1.59. The van der Waals surface area contributed by atoms with Crippen molar-refractivity contribution in [1.82, 2.24) is 25.5 Å². The van der Waals surface area contributed by atoms with Crippen LogP contribution >= 0.6 is 11.8 Å². The average Bonchev–Trinajstić information content (AvgIpc) is 3.03. The smallest absolute Gasteiger partial charge is 0.209 e. The standard InChI is InChI=1S/C11H21N5S/c1-9(2)12-7-3-4-8-17-11-13-14-15-16(11)10-5-6-10/h9-10,12H,3-8H2,1-2H3. The molecule has 1 aliphatic rings. The third-order valence-corrected chi connectivity index (χ3v) is 3.73. The number of nitrogens with zero attached hydrogens (tertiary/aromatic N) is 4. The third kappa shape index (κ3) is 4.27. The summed E-state index contributed by atoms with van der Waals surface area (Å²) in [5, 5.41) is 16.3. The summed E-state index contributed by atoms with van der Waals surface area (Å²) in [7, 11) is 0. The number of thioether (sulfide) groups is 1. The molecular formula is C11H21N5S. The van der Waals surface area contributed by atoms with Gasteiger partial charge in [-0.3, -0.25) is 0 Å². The normalized spacial score (nSPS) is 15.7. The first-order valence-electron chi connectivity index (χ1n) is 6.41. The summed E-state index contributed by atoms with van der Waals surface area (Å²) in [6.45, 7) is 5.46. The molecule has 0 unspecified atom stereocenters. The highest BCUT2D eigenvalue weighted by atomic mass is 32.2. The second-order valence-corrected chi connectivity index (χ2v) is 5.86. The molecule has 0 aromatic carbocycles. The Bertz CT molecular complexity index is 334. The molecule has 1 N–H and O–H groups in total. The SMILES string of the molecule is CC(C)NCCCCSc1nnnn1C1CC1. The van der Waals surface area contributed by atoms with Crippen molar-refractivity contribution in [3.05, 3.63) is 0 Å². The number of unbranched alkanes of at least 4 members (excludes halogenated alkanes) is 1. The molecule has 0 bridgehead atoms. The fraction of sp³-hybridized carbons (Fsp3) is 0.909. The van der Waals surface area contributed by atoms with E-state index in [0.29, 0.717) is 12.1 Å². The van der Waals surface area contributed by atoms with Crippen LogP contribution in [0.25, 0.3) is 0 Å². The Labute approximate surface area is 107 Å². The summed E-state index contributed by atoms with van der Waals surface area (Å²) < 4.78 is 1.98. The fourth-order valence-corrected chi connectivity index (χ4v) is 2.55. The number of rotatable bonds is 8. The van der Waals surface area contributed by atoms with Gasteiger partial charge in [-0.25, -0.2) is 4.68 Å². The van der Waals surface area contributed by atoms with Gasteiger partial charge in [-0.05, 0) is 42.7 Å². The van der Waals surface area contributed by atoms with Crippen molar-refractivity contribution in [2.75, 3.05) is 12.3 Å². The Morgan fingerprint density at radius 2 is 2.24 bits per heavy atom. The number of nitrogens with one attached hydrogen (secondary N) is 1. The molecule has 0 radical (unpaired) electrons. The van der Waals surface area contributed by atoms with Crippen molar-refractivity contribution in [3.63, 3.8) is 0 Å². The van der Waals surface area contributed by atoms with Crippen LogP contribution in [0.5, 0.6) is 0 Å². The predicted octanol–water partition coefficient (Wildman–Crippen LogP) is 1.88. The van der Waals surface area contributed by atoms with Crippen molar-refractivity contribution < 1.29 is 0 Å². The van der Waals surface area contributed by atoms with Crippen LogP contribution in [0.15, 0.2) is 5.16 Å². The van der Waals surface area contributed by atoms with Crippen molar-refractivity contribution in [3.8, 4) is 0 Å². The molecular weight excluding hydrogens is 234 g/mol. The molecule has 0 atom stereocenters. The largest absolute Gasteiger partial charge is 0.315 e. The maximum Gasteiger partial charge on any atom is 0.209 e. The molecule has 1 aromatic heterocycles. The van der Waals surface area contributed by atoms with E-state index in [9.17, 15) is 0 Å². The van der Waals surface area contributed by atoms with E-state index >= 15 is 0 Å². The molecule has 1 aliphatic carbocycles. The summed E-state index contributed by atoms with van der Waals surface area (Å²) in [5.74, 6) is 1.10. The van der Waals surface area contributed by atoms with Crippen LogP contribution in [0.3, 0.4) is 0 Å². The van der Waals surface area contributed by atoms with Gasteiger partial charge in [-0.1, -0.05) is 25.6 Å².